The highest BCUT2D eigenvalue weighted by Gasteiger charge is 2.17. The van der Waals surface area contributed by atoms with Crippen molar-refractivity contribution in [2.24, 2.45) is 5.92 Å². The van der Waals surface area contributed by atoms with Crippen LogP contribution in [0.15, 0.2) is 41.3 Å². The molecule has 148 valence electrons. The molecule has 4 rings (SSSR count). The molecular formula is C20H21N7O2. The maximum absolute atomic E-state index is 12.6. The lowest BCUT2D eigenvalue weighted by atomic mass is 10.2. The van der Waals surface area contributed by atoms with Gasteiger partial charge in [-0.1, -0.05) is 31.5 Å². The van der Waals surface area contributed by atoms with Gasteiger partial charge in [-0.05, 0) is 26.0 Å². The topological polar surface area (TPSA) is 110 Å². The minimum absolute atomic E-state index is 0.153. The third kappa shape index (κ3) is 3.42. The van der Waals surface area contributed by atoms with Gasteiger partial charge < -0.3 is 5.32 Å². The maximum atomic E-state index is 12.6. The van der Waals surface area contributed by atoms with Crippen molar-refractivity contribution in [1.82, 2.24) is 29.5 Å². The summed E-state index contributed by atoms with van der Waals surface area (Å²) in [6, 6.07) is 9.48. The Morgan fingerprint density at radius 1 is 1.14 bits per heavy atom. The van der Waals surface area contributed by atoms with E-state index in [-0.39, 0.29) is 23.3 Å². The van der Waals surface area contributed by atoms with E-state index in [1.54, 1.807) is 31.5 Å². The van der Waals surface area contributed by atoms with E-state index in [9.17, 15) is 9.59 Å². The Kier molecular flexibility index (Phi) is 4.50. The largest absolute Gasteiger partial charge is 0.310 e. The first kappa shape index (κ1) is 18.6. The second-order valence-electron chi connectivity index (χ2n) is 7.25. The molecule has 0 aliphatic rings. The molecule has 1 aromatic carbocycles. The Labute approximate surface area is 166 Å². The normalized spacial score (nSPS) is 11.3. The van der Waals surface area contributed by atoms with Crippen LogP contribution in [0.5, 0.6) is 0 Å². The lowest BCUT2D eigenvalue weighted by Gasteiger charge is -2.10. The lowest BCUT2D eigenvalue weighted by Crippen LogP contribution is -2.21. The molecule has 0 saturated heterocycles. The van der Waals surface area contributed by atoms with Crippen molar-refractivity contribution in [1.29, 1.82) is 0 Å². The fourth-order valence-corrected chi connectivity index (χ4v) is 2.90. The average molecular weight is 391 g/mol. The van der Waals surface area contributed by atoms with E-state index < -0.39 is 0 Å². The van der Waals surface area contributed by atoms with Gasteiger partial charge in [0.15, 0.2) is 5.65 Å². The number of amides is 1. The summed E-state index contributed by atoms with van der Waals surface area (Å²) in [6.45, 7) is 7.40. The lowest BCUT2D eigenvalue weighted by molar-refractivity contribution is -0.118. The van der Waals surface area contributed by atoms with Crippen LogP contribution in [0, 0.1) is 19.8 Å². The Morgan fingerprint density at radius 2 is 1.86 bits per heavy atom. The molecule has 3 heterocycles. The van der Waals surface area contributed by atoms with Crippen LogP contribution in [0.3, 0.4) is 0 Å². The van der Waals surface area contributed by atoms with Crippen LogP contribution in [0.25, 0.3) is 22.7 Å². The number of hydrogen-bond acceptors (Lipinski definition) is 5. The van der Waals surface area contributed by atoms with E-state index in [4.69, 9.17) is 0 Å². The van der Waals surface area contributed by atoms with Crippen LogP contribution in [-0.2, 0) is 4.79 Å². The van der Waals surface area contributed by atoms with E-state index in [1.165, 1.54) is 10.9 Å². The van der Waals surface area contributed by atoms with Crippen molar-refractivity contribution in [3.8, 4) is 11.6 Å². The van der Waals surface area contributed by atoms with Crippen molar-refractivity contribution >= 4 is 22.8 Å². The standard InChI is InChI=1S/C20H21N7O2/c1-11(2)18(28)22-16-9-13(4)25-27(16)20-23-17-15(19(29)24-20)10-21-26(17)14-7-5-12(3)6-8-14/h5-11H,1-4H3,(H,22,28)(H,23,24,29). The van der Waals surface area contributed by atoms with Crippen molar-refractivity contribution < 1.29 is 4.79 Å². The smallest absolute Gasteiger partial charge is 0.263 e. The van der Waals surface area contributed by atoms with Gasteiger partial charge in [-0.25, -0.2) is 4.68 Å². The van der Waals surface area contributed by atoms with E-state index in [2.05, 4.69) is 25.5 Å². The molecule has 0 saturated carbocycles. The van der Waals surface area contributed by atoms with Gasteiger partial charge in [0.1, 0.15) is 11.2 Å². The zero-order valence-electron chi connectivity index (χ0n) is 16.6. The predicted molar refractivity (Wildman–Crippen MR) is 110 cm³/mol. The quantitative estimate of drug-likeness (QED) is 0.555. The van der Waals surface area contributed by atoms with Crippen LogP contribution < -0.4 is 10.9 Å². The monoisotopic (exact) mass is 391 g/mol. The highest BCUT2D eigenvalue weighted by molar-refractivity contribution is 5.91. The molecule has 0 unspecified atom stereocenters. The zero-order chi connectivity index (χ0) is 20.7. The Bertz CT molecular complexity index is 1260. The molecular weight excluding hydrogens is 370 g/mol. The van der Waals surface area contributed by atoms with Crippen LogP contribution in [0.1, 0.15) is 25.1 Å². The number of H-pyrrole nitrogens is 1. The van der Waals surface area contributed by atoms with Gasteiger partial charge in [0, 0.05) is 12.0 Å². The Hall–Kier alpha value is -3.75. The minimum Gasteiger partial charge on any atom is -0.310 e. The zero-order valence-corrected chi connectivity index (χ0v) is 16.6. The number of nitrogens with one attached hydrogen (secondary N) is 2. The molecule has 9 heteroatoms. The van der Waals surface area contributed by atoms with Gasteiger partial charge in [0.2, 0.25) is 11.9 Å². The van der Waals surface area contributed by atoms with E-state index in [0.29, 0.717) is 22.5 Å². The van der Waals surface area contributed by atoms with Gasteiger partial charge in [0.05, 0.1) is 17.6 Å². The molecule has 1 amide bonds. The van der Waals surface area contributed by atoms with Gasteiger partial charge >= 0.3 is 0 Å². The first-order valence-corrected chi connectivity index (χ1v) is 9.26. The fourth-order valence-electron chi connectivity index (χ4n) is 2.90. The van der Waals surface area contributed by atoms with Crippen molar-refractivity contribution in [3.63, 3.8) is 0 Å². The summed E-state index contributed by atoms with van der Waals surface area (Å²) >= 11 is 0. The van der Waals surface area contributed by atoms with Crippen molar-refractivity contribution in [3.05, 3.63) is 58.1 Å². The van der Waals surface area contributed by atoms with Crippen LogP contribution >= 0.6 is 0 Å². The molecule has 4 aromatic rings. The first-order valence-electron chi connectivity index (χ1n) is 9.26. The third-order valence-corrected chi connectivity index (χ3v) is 4.51. The molecule has 2 N–H and O–H groups in total. The van der Waals surface area contributed by atoms with Crippen LogP contribution in [0.4, 0.5) is 5.82 Å². The van der Waals surface area contributed by atoms with Gasteiger partial charge in [-0.15, -0.1) is 0 Å². The van der Waals surface area contributed by atoms with Crippen molar-refractivity contribution in [2.45, 2.75) is 27.7 Å². The van der Waals surface area contributed by atoms with Gasteiger partial charge in [0.25, 0.3) is 5.56 Å². The fraction of sp³-hybridized carbons (Fsp3) is 0.250. The van der Waals surface area contributed by atoms with Gasteiger partial charge in [-0.3, -0.25) is 14.6 Å². The molecule has 0 radical (unpaired) electrons. The molecule has 29 heavy (non-hydrogen) atoms. The molecule has 0 atom stereocenters. The molecule has 0 spiro atoms. The number of nitrogens with zero attached hydrogens (tertiary/aromatic N) is 5. The van der Waals surface area contributed by atoms with E-state index in [0.717, 1.165) is 11.3 Å². The third-order valence-electron chi connectivity index (χ3n) is 4.51. The number of aromatic amines is 1. The Balaban J connectivity index is 1.86. The first-order chi connectivity index (χ1) is 13.8. The second-order valence-corrected chi connectivity index (χ2v) is 7.25. The number of rotatable bonds is 4. The summed E-state index contributed by atoms with van der Waals surface area (Å²) in [5.74, 6) is 0.281. The maximum Gasteiger partial charge on any atom is 0.263 e. The number of aromatic nitrogens is 6. The second kappa shape index (κ2) is 7.01. The number of carbonyl (C=O) groups excluding carboxylic acids is 1. The van der Waals surface area contributed by atoms with E-state index >= 15 is 0 Å². The molecule has 3 aromatic heterocycles. The number of fused-ring (bicyclic) bond motifs is 1. The summed E-state index contributed by atoms with van der Waals surface area (Å²) in [6.07, 6.45) is 1.49. The highest BCUT2D eigenvalue weighted by atomic mass is 16.2. The van der Waals surface area contributed by atoms with Crippen LogP contribution in [0.2, 0.25) is 0 Å². The van der Waals surface area contributed by atoms with Gasteiger partial charge in [-0.2, -0.15) is 19.9 Å². The number of aryl methyl sites for hydroxylation is 2. The number of anilines is 1. The number of carbonyl (C=O) groups is 1. The molecule has 0 bridgehead atoms. The number of benzene rings is 1. The predicted octanol–water partition coefficient (Wildman–Crippen LogP) is 2.51. The summed E-state index contributed by atoms with van der Waals surface area (Å²) in [5.41, 5.74) is 2.66. The van der Waals surface area contributed by atoms with E-state index in [1.807, 2.05) is 31.2 Å². The summed E-state index contributed by atoms with van der Waals surface area (Å²) in [4.78, 5) is 32.1. The molecule has 9 nitrogen and oxygen atoms in total. The van der Waals surface area contributed by atoms with Crippen molar-refractivity contribution in [2.75, 3.05) is 5.32 Å². The minimum atomic E-state index is -0.336. The molecule has 0 fully saturated rings. The summed E-state index contributed by atoms with van der Waals surface area (Å²) in [7, 11) is 0. The summed E-state index contributed by atoms with van der Waals surface area (Å²) < 4.78 is 3.03. The highest BCUT2D eigenvalue weighted by Crippen LogP contribution is 2.18. The number of hydrogen-bond donors (Lipinski definition) is 2. The Morgan fingerprint density at radius 3 is 2.55 bits per heavy atom. The SMILES string of the molecule is Cc1ccc(-n2ncc3c(=O)[nH]c(-n4nc(C)cc4NC(=O)C(C)C)nc32)cc1. The summed E-state index contributed by atoms with van der Waals surface area (Å²) in [5, 5.41) is 11.9. The molecule has 0 aliphatic carbocycles. The van der Waals surface area contributed by atoms with Crippen LogP contribution in [-0.4, -0.2) is 35.4 Å². The average Bonchev–Trinajstić information content (AvgIpc) is 3.26. The molecule has 0 aliphatic heterocycles.